The Morgan fingerprint density at radius 2 is 1.58 bits per heavy atom. The number of nitrogens with one attached hydrogen (secondary N) is 2. The van der Waals surface area contributed by atoms with Gasteiger partial charge in [-0.05, 0) is 48.5 Å². The minimum absolute atomic E-state index is 0.0257. The molecule has 1 atom stereocenters. The average Bonchev–Trinajstić information content (AvgIpc) is 3.08. The fourth-order valence-electron chi connectivity index (χ4n) is 3.74. The van der Waals surface area contributed by atoms with E-state index in [4.69, 9.17) is 11.6 Å². The third kappa shape index (κ3) is 5.23. The molecule has 0 fully saturated rings. The summed E-state index contributed by atoms with van der Waals surface area (Å²) in [7, 11) is -4.25. The van der Waals surface area contributed by atoms with Crippen LogP contribution in [0.3, 0.4) is 0 Å². The highest BCUT2D eigenvalue weighted by Gasteiger charge is 2.36. The van der Waals surface area contributed by atoms with Crippen LogP contribution in [-0.2, 0) is 10.0 Å². The van der Waals surface area contributed by atoms with Crippen molar-refractivity contribution in [3.8, 4) is 0 Å². The van der Waals surface area contributed by atoms with Crippen molar-refractivity contribution in [2.45, 2.75) is 9.72 Å². The minimum Gasteiger partial charge on any atom is -0.478 e. The highest BCUT2D eigenvalue weighted by molar-refractivity contribution is 9.09. The number of hydrogen-bond acceptors (Lipinski definition) is 6. The molecule has 4 rings (SSSR count). The fraction of sp³-hybridized carbons (Fsp3) is 0.125. The van der Waals surface area contributed by atoms with Crippen molar-refractivity contribution < 1.29 is 27.9 Å². The maximum absolute atomic E-state index is 13.0. The highest BCUT2D eigenvalue weighted by atomic mass is 79.9. The number of fused-ring (bicyclic) bond motifs is 1. The number of rotatable bonds is 9. The van der Waals surface area contributed by atoms with Gasteiger partial charge in [0.05, 0.1) is 16.8 Å². The standard InChI is InChI=1S/C24H19BrClN3O6S/c25-14(13-29-22(30)17-4-1-2-5-18(17)23(29)31)12-27-19-6-3-7-20(21(19)24(32)33)36(34,35)28-16-10-8-15(26)9-11-16/h1-11,14,27-28H,12-13H2,(H,32,33). The molecule has 1 aliphatic heterocycles. The first-order valence-corrected chi connectivity index (χ1v) is 13.3. The first-order chi connectivity index (χ1) is 17.1. The lowest BCUT2D eigenvalue weighted by atomic mass is 10.1. The van der Waals surface area contributed by atoms with E-state index in [2.05, 4.69) is 26.0 Å². The van der Waals surface area contributed by atoms with E-state index in [9.17, 15) is 27.9 Å². The zero-order valence-corrected chi connectivity index (χ0v) is 21.6. The van der Waals surface area contributed by atoms with Gasteiger partial charge in [-0.1, -0.05) is 45.7 Å². The second kappa shape index (κ2) is 10.3. The second-order valence-electron chi connectivity index (χ2n) is 7.84. The summed E-state index contributed by atoms with van der Waals surface area (Å²) >= 11 is 9.25. The van der Waals surface area contributed by atoms with Crippen molar-refractivity contribution in [2.75, 3.05) is 23.1 Å². The fourth-order valence-corrected chi connectivity index (χ4v) is 5.60. The van der Waals surface area contributed by atoms with Gasteiger partial charge in [0.1, 0.15) is 10.5 Å². The van der Waals surface area contributed by atoms with E-state index in [0.29, 0.717) is 16.1 Å². The monoisotopic (exact) mass is 591 g/mol. The van der Waals surface area contributed by atoms with Gasteiger partial charge in [0, 0.05) is 28.6 Å². The van der Waals surface area contributed by atoms with Crippen molar-refractivity contribution in [2.24, 2.45) is 0 Å². The van der Waals surface area contributed by atoms with E-state index in [1.54, 1.807) is 24.3 Å². The smallest absolute Gasteiger partial charge is 0.339 e. The van der Waals surface area contributed by atoms with Gasteiger partial charge in [-0.15, -0.1) is 0 Å². The number of carboxylic acids is 1. The molecular weight excluding hydrogens is 574 g/mol. The molecule has 0 saturated heterocycles. The van der Waals surface area contributed by atoms with Crippen LogP contribution in [-0.4, -0.2) is 54.1 Å². The van der Waals surface area contributed by atoms with Gasteiger partial charge < -0.3 is 10.4 Å². The number of imide groups is 1. The third-order valence-electron chi connectivity index (χ3n) is 5.40. The molecule has 0 radical (unpaired) electrons. The van der Waals surface area contributed by atoms with Crippen LogP contribution in [0, 0.1) is 0 Å². The number of benzene rings is 3. The summed E-state index contributed by atoms with van der Waals surface area (Å²) in [5.74, 6) is -2.26. The normalized spacial score (nSPS) is 13.9. The number of sulfonamides is 1. The first kappa shape index (κ1) is 25.7. The Morgan fingerprint density at radius 1 is 0.972 bits per heavy atom. The third-order valence-corrected chi connectivity index (χ3v) is 7.69. The van der Waals surface area contributed by atoms with Crippen LogP contribution < -0.4 is 10.0 Å². The van der Waals surface area contributed by atoms with E-state index in [0.717, 1.165) is 4.90 Å². The molecule has 0 aromatic heterocycles. The van der Waals surface area contributed by atoms with E-state index in [1.807, 2.05) is 0 Å². The van der Waals surface area contributed by atoms with Crippen molar-refractivity contribution >= 4 is 66.7 Å². The van der Waals surface area contributed by atoms with Gasteiger partial charge >= 0.3 is 5.97 Å². The molecule has 1 heterocycles. The number of carboxylic acid groups (broad SMARTS) is 1. The number of hydrogen-bond donors (Lipinski definition) is 3. The summed E-state index contributed by atoms with van der Waals surface area (Å²) in [6, 6.07) is 16.5. The minimum atomic E-state index is -4.25. The van der Waals surface area contributed by atoms with E-state index in [-0.39, 0.29) is 24.5 Å². The summed E-state index contributed by atoms with van der Waals surface area (Å²) in [6.07, 6.45) is 0. The molecule has 1 aliphatic rings. The van der Waals surface area contributed by atoms with Crippen molar-refractivity contribution in [3.63, 3.8) is 0 Å². The second-order valence-corrected chi connectivity index (χ2v) is 11.2. The van der Waals surface area contributed by atoms with E-state index >= 15 is 0 Å². The summed E-state index contributed by atoms with van der Waals surface area (Å²) in [4.78, 5) is 37.5. The lowest BCUT2D eigenvalue weighted by molar-refractivity contribution is 0.0653. The summed E-state index contributed by atoms with van der Waals surface area (Å²) in [5, 5.41) is 13.2. The van der Waals surface area contributed by atoms with E-state index < -0.39 is 43.1 Å². The Morgan fingerprint density at radius 3 is 2.17 bits per heavy atom. The molecule has 0 aliphatic carbocycles. The zero-order valence-electron chi connectivity index (χ0n) is 18.4. The molecule has 9 nitrogen and oxygen atoms in total. The van der Waals surface area contributed by atoms with Crippen molar-refractivity contribution in [1.29, 1.82) is 0 Å². The quantitative estimate of drug-likeness (QED) is 0.249. The van der Waals surface area contributed by atoms with Crippen LogP contribution in [0.2, 0.25) is 5.02 Å². The molecule has 3 N–H and O–H groups in total. The summed E-state index contributed by atoms with van der Waals surface area (Å²) in [5.41, 5.74) is 0.493. The Bertz CT molecular complexity index is 1430. The Hall–Kier alpha value is -3.41. The maximum atomic E-state index is 13.0. The van der Waals surface area contributed by atoms with Crippen LogP contribution in [0.5, 0.6) is 0 Å². The first-order valence-electron chi connectivity index (χ1n) is 10.6. The number of amides is 2. The van der Waals surface area contributed by atoms with Gasteiger partial charge in [-0.2, -0.15) is 0 Å². The van der Waals surface area contributed by atoms with Crippen LogP contribution in [0.15, 0.2) is 71.6 Å². The molecule has 0 bridgehead atoms. The van der Waals surface area contributed by atoms with Crippen molar-refractivity contribution in [1.82, 2.24) is 4.90 Å². The van der Waals surface area contributed by atoms with Gasteiger partial charge in [-0.3, -0.25) is 19.2 Å². The Labute approximate surface area is 220 Å². The number of nitrogens with zero attached hydrogens (tertiary/aromatic N) is 1. The average molecular weight is 593 g/mol. The summed E-state index contributed by atoms with van der Waals surface area (Å²) < 4.78 is 28.3. The topological polar surface area (TPSA) is 133 Å². The maximum Gasteiger partial charge on any atom is 0.339 e. The van der Waals surface area contributed by atoms with Gasteiger partial charge in [0.15, 0.2) is 0 Å². The summed E-state index contributed by atoms with van der Waals surface area (Å²) in [6.45, 7) is 0.125. The Balaban J connectivity index is 1.50. The van der Waals surface area contributed by atoms with Gasteiger partial charge in [0.25, 0.3) is 21.8 Å². The number of carbonyl (C=O) groups is 3. The predicted molar refractivity (Wildman–Crippen MR) is 139 cm³/mol. The van der Waals surface area contributed by atoms with Crippen molar-refractivity contribution in [3.05, 3.63) is 88.4 Å². The Kier molecular flexibility index (Phi) is 7.34. The van der Waals surface area contributed by atoms with E-state index in [1.165, 1.54) is 42.5 Å². The van der Waals surface area contributed by atoms with Gasteiger partial charge in [0.2, 0.25) is 0 Å². The molecule has 186 valence electrons. The largest absolute Gasteiger partial charge is 0.478 e. The number of halogens is 2. The number of alkyl halides is 1. The molecule has 36 heavy (non-hydrogen) atoms. The van der Waals surface area contributed by atoms with Crippen LogP contribution in [0.1, 0.15) is 31.1 Å². The lowest BCUT2D eigenvalue weighted by Gasteiger charge is -2.20. The van der Waals surface area contributed by atoms with Crippen LogP contribution in [0.4, 0.5) is 11.4 Å². The molecular formula is C24H19BrClN3O6S. The van der Waals surface area contributed by atoms with Gasteiger partial charge in [-0.25, -0.2) is 13.2 Å². The highest BCUT2D eigenvalue weighted by Crippen LogP contribution is 2.28. The number of carbonyl (C=O) groups excluding carboxylic acids is 2. The molecule has 3 aromatic rings. The molecule has 1 unspecified atom stereocenters. The molecule has 3 aromatic carbocycles. The SMILES string of the molecule is O=C(O)c1c(NCC(Br)CN2C(=O)c3ccccc3C2=O)cccc1S(=O)(=O)Nc1ccc(Cl)cc1. The molecule has 0 spiro atoms. The predicted octanol–water partition coefficient (Wildman–Crippen LogP) is 4.31. The van der Waals surface area contributed by atoms with Crippen LogP contribution >= 0.6 is 27.5 Å². The molecule has 0 saturated carbocycles. The van der Waals surface area contributed by atoms with Crippen LogP contribution in [0.25, 0.3) is 0 Å². The zero-order chi connectivity index (χ0) is 26.0. The number of aromatic carboxylic acids is 1. The molecule has 12 heteroatoms. The lowest BCUT2D eigenvalue weighted by Crippen LogP contribution is -2.37. The molecule has 2 amide bonds. The number of anilines is 2.